The molecule has 0 aliphatic heterocycles. The normalized spacial score (nSPS) is 10.3. The minimum atomic E-state index is -1.03. The second kappa shape index (κ2) is 6.13. The molecule has 11 heteroatoms. The van der Waals surface area contributed by atoms with Gasteiger partial charge >= 0.3 is 5.97 Å². The smallest absolute Gasteiger partial charge is 0.325 e. The van der Waals surface area contributed by atoms with E-state index in [0.717, 1.165) is 6.20 Å². The van der Waals surface area contributed by atoms with E-state index in [1.54, 1.807) is 0 Å². The molecular weight excluding hydrogens is 304 g/mol. The van der Waals surface area contributed by atoms with Crippen LogP contribution in [0.1, 0.15) is 5.69 Å². The molecule has 2 heterocycles. The Morgan fingerprint density at radius 2 is 2.33 bits per heavy atom. The number of halogens is 1. The maximum absolute atomic E-state index is 10.6. The third kappa shape index (κ3) is 3.86. The van der Waals surface area contributed by atoms with Crippen molar-refractivity contribution in [1.82, 2.24) is 20.0 Å². The first kappa shape index (κ1) is 14.7. The largest absolute Gasteiger partial charge is 0.480 e. The van der Waals surface area contributed by atoms with Gasteiger partial charge in [0, 0.05) is 6.07 Å². The number of pyridine rings is 1. The zero-order chi connectivity index (χ0) is 15.4. The van der Waals surface area contributed by atoms with Crippen LogP contribution in [0.25, 0.3) is 0 Å². The van der Waals surface area contributed by atoms with Gasteiger partial charge in [-0.05, 0) is 0 Å². The quantitative estimate of drug-likeness (QED) is 0.593. The number of carboxylic acids is 1. The molecule has 21 heavy (non-hydrogen) atoms. The highest BCUT2D eigenvalue weighted by molar-refractivity contribution is 6.33. The lowest BCUT2D eigenvalue weighted by Crippen LogP contribution is -2.09. The molecule has 0 spiro atoms. The highest BCUT2D eigenvalue weighted by Gasteiger charge is 2.11. The van der Waals surface area contributed by atoms with E-state index < -0.39 is 10.9 Å². The number of nitrogens with one attached hydrogen (secondary N) is 1. The lowest BCUT2D eigenvalue weighted by Gasteiger charge is -2.04. The van der Waals surface area contributed by atoms with E-state index in [-0.39, 0.29) is 29.6 Å². The van der Waals surface area contributed by atoms with Crippen LogP contribution < -0.4 is 5.32 Å². The van der Waals surface area contributed by atoms with Gasteiger partial charge in [0.15, 0.2) is 0 Å². The van der Waals surface area contributed by atoms with E-state index in [4.69, 9.17) is 16.7 Å². The molecule has 110 valence electrons. The zero-order valence-electron chi connectivity index (χ0n) is 10.4. The molecule has 0 radical (unpaired) electrons. The monoisotopic (exact) mass is 312 g/mol. The third-order valence-electron chi connectivity index (χ3n) is 2.36. The van der Waals surface area contributed by atoms with Gasteiger partial charge in [-0.15, -0.1) is 5.10 Å². The van der Waals surface area contributed by atoms with Crippen LogP contribution >= 0.6 is 11.6 Å². The summed E-state index contributed by atoms with van der Waals surface area (Å²) in [6.45, 7) is -0.0896. The van der Waals surface area contributed by atoms with Gasteiger partial charge in [0.25, 0.3) is 5.69 Å². The molecule has 0 aliphatic rings. The summed E-state index contributed by atoms with van der Waals surface area (Å²) in [5.74, 6) is -0.769. The van der Waals surface area contributed by atoms with Crippen molar-refractivity contribution >= 4 is 29.1 Å². The van der Waals surface area contributed by atoms with Gasteiger partial charge in [-0.2, -0.15) is 0 Å². The summed E-state index contributed by atoms with van der Waals surface area (Å²) in [5, 5.41) is 29.5. The molecule has 0 unspecified atom stereocenters. The molecule has 0 atom stereocenters. The maximum Gasteiger partial charge on any atom is 0.325 e. The molecule has 2 aromatic heterocycles. The maximum atomic E-state index is 10.6. The fourth-order valence-corrected chi connectivity index (χ4v) is 1.69. The van der Waals surface area contributed by atoms with Crippen molar-refractivity contribution in [2.75, 3.05) is 5.32 Å². The van der Waals surface area contributed by atoms with Gasteiger partial charge in [-0.25, -0.2) is 9.67 Å². The van der Waals surface area contributed by atoms with E-state index in [0.29, 0.717) is 5.69 Å². The average molecular weight is 313 g/mol. The first-order valence-electron chi connectivity index (χ1n) is 5.60. The fraction of sp³-hybridized carbons (Fsp3) is 0.200. The molecule has 0 saturated heterocycles. The number of carbonyl (C=O) groups is 1. The standard InChI is InChI=1S/C10H9ClN6O4/c11-8-1-7(17(20)21)3-13-10(8)12-2-6-4-16(15-14-6)5-9(18)19/h1,3-4H,2,5H2,(H,12,13)(H,18,19). The summed E-state index contributed by atoms with van der Waals surface area (Å²) in [6, 6.07) is 1.18. The predicted octanol–water partition coefficient (Wildman–Crippen LogP) is 0.931. The molecule has 0 aliphatic carbocycles. The van der Waals surface area contributed by atoms with Crippen molar-refractivity contribution in [3.05, 3.63) is 39.3 Å². The van der Waals surface area contributed by atoms with Crippen molar-refractivity contribution in [3.63, 3.8) is 0 Å². The number of aliphatic carboxylic acids is 1. The Morgan fingerprint density at radius 3 is 2.95 bits per heavy atom. The van der Waals surface area contributed by atoms with Crippen LogP contribution in [0.3, 0.4) is 0 Å². The van der Waals surface area contributed by atoms with Crippen molar-refractivity contribution in [3.8, 4) is 0 Å². The highest BCUT2D eigenvalue weighted by Crippen LogP contribution is 2.23. The molecular formula is C10H9ClN6O4. The van der Waals surface area contributed by atoms with Gasteiger partial charge in [-0.3, -0.25) is 14.9 Å². The van der Waals surface area contributed by atoms with Crippen molar-refractivity contribution in [2.45, 2.75) is 13.1 Å². The van der Waals surface area contributed by atoms with Gasteiger partial charge in [-0.1, -0.05) is 16.8 Å². The first-order chi connectivity index (χ1) is 9.95. The number of anilines is 1. The zero-order valence-corrected chi connectivity index (χ0v) is 11.2. The molecule has 0 aromatic carbocycles. The van der Waals surface area contributed by atoms with Crippen molar-refractivity contribution in [2.24, 2.45) is 0 Å². The summed E-state index contributed by atoms with van der Waals surface area (Å²) in [7, 11) is 0. The average Bonchev–Trinajstić information content (AvgIpc) is 2.83. The topological polar surface area (TPSA) is 136 Å². The highest BCUT2D eigenvalue weighted by atomic mass is 35.5. The lowest BCUT2D eigenvalue weighted by atomic mass is 10.4. The molecule has 0 amide bonds. The summed E-state index contributed by atoms with van der Waals surface area (Å²) < 4.78 is 1.17. The second-order valence-electron chi connectivity index (χ2n) is 3.94. The minimum Gasteiger partial charge on any atom is -0.480 e. The van der Waals surface area contributed by atoms with Crippen LogP contribution in [0.2, 0.25) is 5.02 Å². The number of nitrogens with zero attached hydrogens (tertiary/aromatic N) is 5. The van der Waals surface area contributed by atoms with Crippen LogP contribution in [0.15, 0.2) is 18.5 Å². The summed E-state index contributed by atoms with van der Waals surface area (Å²) >= 11 is 5.87. The lowest BCUT2D eigenvalue weighted by molar-refractivity contribution is -0.385. The van der Waals surface area contributed by atoms with Gasteiger partial charge in [0.1, 0.15) is 24.3 Å². The molecule has 0 bridgehead atoms. The SMILES string of the molecule is O=C(O)Cn1cc(CNc2ncc([N+](=O)[O-])cc2Cl)nn1. The van der Waals surface area contributed by atoms with E-state index in [2.05, 4.69) is 20.6 Å². The van der Waals surface area contributed by atoms with E-state index in [9.17, 15) is 14.9 Å². The van der Waals surface area contributed by atoms with Crippen LogP contribution in [-0.4, -0.2) is 36.0 Å². The molecule has 10 nitrogen and oxygen atoms in total. The molecule has 0 fully saturated rings. The number of aromatic nitrogens is 4. The van der Waals surface area contributed by atoms with E-state index >= 15 is 0 Å². The summed E-state index contributed by atoms with van der Waals surface area (Å²) in [5.41, 5.74) is 0.269. The first-order valence-corrected chi connectivity index (χ1v) is 5.98. The Morgan fingerprint density at radius 1 is 1.57 bits per heavy atom. The van der Waals surface area contributed by atoms with Crippen molar-refractivity contribution < 1.29 is 14.8 Å². The van der Waals surface area contributed by atoms with Crippen molar-refractivity contribution in [1.29, 1.82) is 0 Å². The Kier molecular flexibility index (Phi) is 4.28. The number of rotatable bonds is 6. The number of nitro groups is 1. The van der Waals surface area contributed by atoms with Crippen LogP contribution in [0, 0.1) is 10.1 Å². The van der Waals surface area contributed by atoms with Gasteiger partial charge in [0.05, 0.1) is 22.7 Å². The molecule has 2 aromatic rings. The second-order valence-corrected chi connectivity index (χ2v) is 4.34. The Balaban J connectivity index is 2.01. The third-order valence-corrected chi connectivity index (χ3v) is 2.65. The molecule has 2 rings (SSSR count). The molecule has 0 saturated carbocycles. The number of hydrogen-bond acceptors (Lipinski definition) is 7. The number of hydrogen-bond donors (Lipinski definition) is 2. The van der Waals surface area contributed by atoms with E-state index in [1.807, 2.05) is 0 Å². The fourth-order valence-electron chi connectivity index (χ4n) is 1.47. The molecule has 2 N–H and O–H groups in total. The summed E-state index contributed by atoms with van der Waals surface area (Å²) in [6.07, 6.45) is 2.54. The Labute approximate surface area is 122 Å². The van der Waals surface area contributed by atoms with Crippen LogP contribution in [0.5, 0.6) is 0 Å². The van der Waals surface area contributed by atoms with Gasteiger partial charge < -0.3 is 10.4 Å². The summed E-state index contributed by atoms with van der Waals surface area (Å²) in [4.78, 5) is 24.3. The minimum absolute atomic E-state index is 0.0992. The predicted molar refractivity (Wildman–Crippen MR) is 70.9 cm³/mol. The van der Waals surface area contributed by atoms with E-state index in [1.165, 1.54) is 16.9 Å². The van der Waals surface area contributed by atoms with Crippen LogP contribution in [0.4, 0.5) is 11.5 Å². The Bertz CT molecular complexity index is 688. The van der Waals surface area contributed by atoms with Gasteiger partial charge in [0.2, 0.25) is 0 Å². The number of carboxylic acid groups (broad SMARTS) is 1. The Hall–Kier alpha value is -2.75. The van der Waals surface area contributed by atoms with Crippen LogP contribution in [-0.2, 0) is 17.9 Å².